The highest BCUT2D eigenvalue weighted by molar-refractivity contribution is 6.14. The van der Waals surface area contributed by atoms with Gasteiger partial charge >= 0.3 is 0 Å². The van der Waals surface area contributed by atoms with Gasteiger partial charge in [-0.15, -0.1) is 0 Å². The number of ether oxygens (including phenoxy) is 1. The van der Waals surface area contributed by atoms with Crippen molar-refractivity contribution in [3.05, 3.63) is 102 Å². The van der Waals surface area contributed by atoms with Crippen LogP contribution in [-0.2, 0) is 9.53 Å². The number of nitrogens with one attached hydrogen (secondary N) is 3. The molecular formula is C27H28N6O3. The fourth-order valence-corrected chi connectivity index (χ4v) is 3.78. The number of aromatic nitrogens is 2. The zero-order valence-corrected chi connectivity index (χ0v) is 20.1. The van der Waals surface area contributed by atoms with Gasteiger partial charge in [0.05, 0.1) is 25.1 Å². The molecule has 3 aromatic rings. The molecule has 1 aromatic heterocycles. The normalized spacial score (nSPS) is 13.7. The van der Waals surface area contributed by atoms with Crippen LogP contribution in [0.2, 0.25) is 0 Å². The molecule has 0 bridgehead atoms. The van der Waals surface area contributed by atoms with Crippen molar-refractivity contribution in [1.82, 2.24) is 15.1 Å². The molecule has 36 heavy (non-hydrogen) atoms. The summed E-state index contributed by atoms with van der Waals surface area (Å²) in [4.78, 5) is 31.0. The number of nitrogens with zero attached hydrogens (tertiary/aromatic N) is 3. The van der Waals surface area contributed by atoms with Gasteiger partial charge in [-0.3, -0.25) is 14.7 Å². The summed E-state index contributed by atoms with van der Waals surface area (Å²) in [5.74, 6) is 0.0907. The lowest BCUT2D eigenvalue weighted by Gasteiger charge is -2.26. The minimum Gasteiger partial charge on any atom is -0.378 e. The second-order valence-corrected chi connectivity index (χ2v) is 8.20. The number of anilines is 2. The maximum Gasteiger partial charge on any atom is 0.254 e. The molecule has 9 heteroatoms. The molecule has 1 aliphatic rings. The van der Waals surface area contributed by atoms with Gasteiger partial charge in [-0.25, -0.2) is 4.99 Å². The first kappa shape index (κ1) is 24.6. The summed E-state index contributed by atoms with van der Waals surface area (Å²) in [6.45, 7) is 11.8. The molecule has 0 saturated carbocycles. The zero-order valence-electron chi connectivity index (χ0n) is 20.1. The number of H-pyrrole nitrogens is 1. The number of carbonyl (C=O) groups is 2. The van der Waals surface area contributed by atoms with E-state index >= 15 is 0 Å². The summed E-state index contributed by atoms with van der Waals surface area (Å²) < 4.78 is 5.32. The van der Waals surface area contributed by atoms with Crippen molar-refractivity contribution in [3.8, 4) is 0 Å². The van der Waals surface area contributed by atoms with Crippen molar-refractivity contribution in [3.63, 3.8) is 0 Å². The Kier molecular flexibility index (Phi) is 7.72. The van der Waals surface area contributed by atoms with Gasteiger partial charge in [0.25, 0.3) is 5.91 Å². The molecule has 184 valence electrons. The number of carbonyl (C=O) groups excluding carboxylic acids is 2. The van der Waals surface area contributed by atoms with Crippen LogP contribution in [0, 0.1) is 6.92 Å². The van der Waals surface area contributed by atoms with Gasteiger partial charge in [0.2, 0.25) is 5.91 Å². The topological polar surface area (TPSA) is 112 Å². The molecule has 9 nitrogen and oxygen atoms in total. The van der Waals surface area contributed by atoms with Crippen molar-refractivity contribution in [2.24, 2.45) is 4.99 Å². The van der Waals surface area contributed by atoms with Gasteiger partial charge in [0.1, 0.15) is 5.82 Å². The van der Waals surface area contributed by atoms with Crippen molar-refractivity contribution in [2.45, 2.75) is 6.92 Å². The SMILES string of the molecule is C=CC(=O)Nc1cccc(/C(=N/C(=C)Nc2ccc(C(=O)N3CCOCC3)cc2)c2cn[nH]c2C)c1. The standard InChI is InChI=1S/C27H28N6O3/c1-4-25(34)31-23-7-5-6-21(16-23)26(24-17-28-32-18(24)2)30-19(3)29-22-10-8-20(9-11-22)27(35)33-12-14-36-15-13-33/h4-11,16-17,29H,1,3,12-15H2,2H3,(H,28,32)(H,31,34)/b30-26-. The molecule has 2 heterocycles. The van der Waals surface area contributed by atoms with Crippen LogP contribution in [-0.4, -0.2) is 58.9 Å². The first-order valence-electron chi connectivity index (χ1n) is 11.5. The molecule has 0 radical (unpaired) electrons. The summed E-state index contributed by atoms with van der Waals surface area (Å²) in [6.07, 6.45) is 2.91. The van der Waals surface area contributed by atoms with E-state index in [1.807, 2.05) is 37.3 Å². The fourth-order valence-electron chi connectivity index (χ4n) is 3.78. The number of morpholine rings is 1. The third kappa shape index (κ3) is 5.94. The molecule has 2 aromatic carbocycles. The van der Waals surface area contributed by atoms with Gasteiger partial charge < -0.3 is 20.3 Å². The predicted octanol–water partition coefficient (Wildman–Crippen LogP) is 3.74. The third-order valence-electron chi connectivity index (χ3n) is 5.64. The lowest BCUT2D eigenvalue weighted by atomic mass is 10.0. The number of hydrogen-bond donors (Lipinski definition) is 3. The van der Waals surface area contributed by atoms with Crippen LogP contribution in [0.3, 0.4) is 0 Å². The fraction of sp³-hybridized carbons (Fsp3) is 0.185. The van der Waals surface area contributed by atoms with Crippen molar-refractivity contribution in [2.75, 3.05) is 36.9 Å². The second kappa shape index (κ2) is 11.3. The molecule has 2 amide bonds. The second-order valence-electron chi connectivity index (χ2n) is 8.20. The van der Waals surface area contributed by atoms with Crippen LogP contribution >= 0.6 is 0 Å². The Balaban J connectivity index is 1.54. The van der Waals surface area contributed by atoms with Gasteiger partial charge in [-0.1, -0.05) is 25.3 Å². The molecule has 1 saturated heterocycles. The highest BCUT2D eigenvalue weighted by Gasteiger charge is 2.18. The Hall–Kier alpha value is -4.50. The van der Waals surface area contributed by atoms with E-state index in [1.54, 1.807) is 29.3 Å². The Morgan fingerprint density at radius 2 is 1.83 bits per heavy atom. The van der Waals surface area contributed by atoms with E-state index in [2.05, 4.69) is 34.0 Å². The quantitative estimate of drug-likeness (QED) is 0.333. The average molecular weight is 485 g/mol. The molecule has 0 atom stereocenters. The van der Waals surface area contributed by atoms with Crippen molar-refractivity contribution in [1.29, 1.82) is 0 Å². The predicted molar refractivity (Wildman–Crippen MR) is 140 cm³/mol. The Morgan fingerprint density at radius 1 is 1.08 bits per heavy atom. The van der Waals surface area contributed by atoms with E-state index < -0.39 is 0 Å². The van der Waals surface area contributed by atoms with Gasteiger partial charge in [-0.05, 0) is 49.4 Å². The first-order chi connectivity index (χ1) is 17.4. The van der Waals surface area contributed by atoms with E-state index in [-0.39, 0.29) is 11.8 Å². The summed E-state index contributed by atoms with van der Waals surface area (Å²) >= 11 is 0. The number of hydrogen-bond acceptors (Lipinski definition) is 6. The monoisotopic (exact) mass is 484 g/mol. The smallest absolute Gasteiger partial charge is 0.254 e. The lowest BCUT2D eigenvalue weighted by Crippen LogP contribution is -2.40. The summed E-state index contributed by atoms with van der Waals surface area (Å²) in [6, 6.07) is 14.6. The Labute approximate surface area is 209 Å². The zero-order chi connectivity index (χ0) is 25.5. The van der Waals surface area contributed by atoms with E-state index in [9.17, 15) is 9.59 Å². The molecular weight excluding hydrogens is 456 g/mol. The van der Waals surface area contributed by atoms with Crippen LogP contribution < -0.4 is 10.6 Å². The minimum absolute atomic E-state index is 0.0113. The van der Waals surface area contributed by atoms with Gasteiger partial charge in [0.15, 0.2) is 0 Å². The number of aliphatic imine (C=N–C) groups is 1. The Bertz CT molecular complexity index is 1300. The summed E-state index contributed by atoms with van der Waals surface area (Å²) in [5, 5.41) is 13.0. The Morgan fingerprint density at radius 3 is 2.50 bits per heavy atom. The van der Waals surface area contributed by atoms with Crippen LogP contribution in [0.15, 0.2) is 84.8 Å². The van der Waals surface area contributed by atoms with E-state index in [0.29, 0.717) is 49.1 Å². The highest BCUT2D eigenvalue weighted by atomic mass is 16.5. The van der Waals surface area contributed by atoms with Gasteiger partial charge in [-0.2, -0.15) is 5.10 Å². The van der Waals surface area contributed by atoms with Crippen LogP contribution in [0.5, 0.6) is 0 Å². The number of rotatable bonds is 8. The number of amides is 2. The van der Waals surface area contributed by atoms with Crippen molar-refractivity contribution < 1.29 is 14.3 Å². The lowest BCUT2D eigenvalue weighted by molar-refractivity contribution is -0.111. The summed E-state index contributed by atoms with van der Waals surface area (Å²) in [7, 11) is 0. The first-order valence-corrected chi connectivity index (χ1v) is 11.5. The van der Waals surface area contributed by atoms with E-state index in [1.165, 1.54) is 6.08 Å². The minimum atomic E-state index is -0.299. The van der Waals surface area contributed by atoms with Crippen molar-refractivity contribution >= 4 is 28.9 Å². The molecule has 0 aliphatic carbocycles. The van der Waals surface area contributed by atoms with E-state index in [0.717, 1.165) is 22.5 Å². The molecule has 4 rings (SSSR count). The highest BCUT2D eigenvalue weighted by Crippen LogP contribution is 2.20. The van der Waals surface area contributed by atoms with Crippen LogP contribution in [0.1, 0.15) is 27.2 Å². The molecule has 1 fully saturated rings. The number of aromatic amines is 1. The number of benzene rings is 2. The maximum atomic E-state index is 12.7. The van der Waals surface area contributed by atoms with Gasteiger partial charge in [0, 0.05) is 46.8 Å². The molecule has 0 unspecified atom stereocenters. The van der Waals surface area contributed by atoms with E-state index in [4.69, 9.17) is 9.73 Å². The largest absolute Gasteiger partial charge is 0.378 e. The number of aryl methyl sites for hydroxylation is 1. The maximum absolute atomic E-state index is 12.7. The van der Waals surface area contributed by atoms with Crippen LogP contribution in [0.4, 0.5) is 11.4 Å². The molecule has 1 aliphatic heterocycles. The summed E-state index contributed by atoms with van der Waals surface area (Å²) in [5.41, 5.74) is 5.03. The van der Waals surface area contributed by atoms with Crippen LogP contribution in [0.25, 0.3) is 0 Å². The average Bonchev–Trinajstić information content (AvgIpc) is 3.33. The molecule has 3 N–H and O–H groups in total. The third-order valence-corrected chi connectivity index (χ3v) is 5.64. The molecule has 0 spiro atoms.